The van der Waals surface area contributed by atoms with Crippen LogP contribution in [0.15, 0.2) is 12.1 Å². The topological polar surface area (TPSA) is 115 Å². The van der Waals surface area contributed by atoms with Gasteiger partial charge in [-0.15, -0.1) is 0 Å². The van der Waals surface area contributed by atoms with E-state index in [1.807, 2.05) is 0 Å². The molecule has 18 heavy (non-hydrogen) atoms. The molecule has 0 aliphatic heterocycles. The third-order valence-electron chi connectivity index (χ3n) is 2.55. The lowest BCUT2D eigenvalue weighted by Crippen LogP contribution is -2.11. The zero-order chi connectivity index (χ0) is 13.7. The van der Waals surface area contributed by atoms with Gasteiger partial charge in [-0.1, -0.05) is 0 Å². The van der Waals surface area contributed by atoms with Crippen LogP contribution in [0.2, 0.25) is 0 Å². The monoisotopic (exact) mass is 254 g/mol. The molecule has 6 nitrogen and oxygen atoms in total. The van der Waals surface area contributed by atoms with E-state index < -0.39 is 11.9 Å². The molecule has 0 saturated heterocycles. The number of carbonyl (C=O) groups is 2. The first-order valence-electron chi connectivity index (χ1n) is 5.35. The summed E-state index contributed by atoms with van der Waals surface area (Å²) >= 11 is 0. The SMILES string of the molecule is O=C(O)c1cc(CCO)c(C(=O)O)cc1CCO. The standard InChI is InChI=1S/C12H14O6/c13-3-1-7-5-10(12(17)18)8(2-4-14)6-9(7)11(15)16/h5-6,13-14H,1-4H2,(H,15,16)(H,17,18). The van der Waals surface area contributed by atoms with Gasteiger partial charge in [0.15, 0.2) is 0 Å². The van der Waals surface area contributed by atoms with E-state index >= 15 is 0 Å². The van der Waals surface area contributed by atoms with Crippen molar-refractivity contribution >= 4 is 11.9 Å². The summed E-state index contributed by atoms with van der Waals surface area (Å²) in [6.45, 7) is -0.530. The Morgan fingerprint density at radius 3 is 1.39 bits per heavy atom. The smallest absolute Gasteiger partial charge is 0.335 e. The number of hydrogen-bond acceptors (Lipinski definition) is 4. The molecule has 0 aliphatic carbocycles. The lowest BCUT2D eigenvalue weighted by molar-refractivity contribution is 0.0678. The van der Waals surface area contributed by atoms with Crippen LogP contribution in [0.1, 0.15) is 31.8 Å². The van der Waals surface area contributed by atoms with E-state index in [2.05, 4.69) is 0 Å². The largest absolute Gasteiger partial charge is 0.478 e. The summed E-state index contributed by atoms with van der Waals surface area (Å²) in [5.41, 5.74) is 0.447. The molecule has 4 N–H and O–H groups in total. The second kappa shape index (κ2) is 6.13. The normalized spacial score (nSPS) is 10.3. The highest BCUT2D eigenvalue weighted by Gasteiger charge is 2.17. The number of aliphatic hydroxyl groups is 2. The fraction of sp³-hybridized carbons (Fsp3) is 0.333. The number of benzene rings is 1. The molecule has 0 atom stereocenters. The van der Waals surface area contributed by atoms with E-state index in [-0.39, 0.29) is 48.3 Å². The molecule has 1 aromatic rings. The van der Waals surface area contributed by atoms with Gasteiger partial charge in [0.25, 0.3) is 0 Å². The Morgan fingerprint density at radius 1 is 0.833 bits per heavy atom. The Balaban J connectivity index is 3.39. The van der Waals surface area contributed by atoms with Crippen molar-refractivity contribution in [3.8, 4) is 0 Å². The molecule has 1 rings (SSSR count). The maximum Gasteiger partial charge on any atom is 0.335 e. The summed E-state index contributed by atoms with van der Waals surface area (Å²) in [6, 6.07) is 2.49. The minimum absolute atomic E-state index is 0.0440. The maximum atomic E-state index is 11.0. The average molecular weight is 254 g/mol. The molecule has 0 aromatic heterocycles. The first-order chi connectivity index (χ1) is 8.51. The van der Waals surface area contributed by atoms with Gasteiger partial charge < -0.3 is 20.4 Å². The van der Waals surface area contributed by atoms with E-state index in [9.17, 15) is 9.59 Å². The predicted molar refractivity (Wildman–Crippen MR) is 61.9 cm³/mol. The van der Waals surface area contributed by atoms with Crippen molar-refractivity contribution in [1.29, 1.82) is 0 Å². The molecule has 0 unspecified atom stereocenters. The average Bonchev–Trinajstić information content (AvgIpc) is 2.30. The van der Waals surface area contributed by atoms with E-state index in [1.165, 1.54) is 12.1 Å². The number of aromatic carboxylic acids is 2. The summed E-state index contributed by atoms with van der Waals surface area (Å²) in [5.74, 6) is -2.37. The lowest BCUT2D eigenvalue weighted by Gasteiger charge is -2.11. The van der Waals surface area contributed by atoms with E-state index in [0.717, 1.165) is 0 Å². The highest BCUT2D eigenvalue weighted by molar-refractivity contribution is 5.94. The van der Waals surface area contributed by atoms with E-state index in [4.69, 9.17) is 20.4 Å². The van der Waals surface area contributed by atoms with Crippen molar-refractivity contribution in [3.63, 3.8) is 0 Å². The molecule has 98 valence electrons. The van der Waals surface area contributed by atoms with Crippen LogP contribution in [-0.4, -0.2) is 45.6 Å². The van der Waals surface area contributed by atoms with Crippen LogP contribution in [0.3, 0.4) is 0 Å². The first-order valence-corrected chi connectivity index (χ1v) is 5.35. The van der Waals surface area contributed by atoms with Crippen LogP contribution >= 0.6 is 0 Å². The Kier molecular flexibility index (Phi) is 4.82. The van der Waals surface area contributed by atoms with Crippen LogP contribution in [0, 0.1) is 0 Å². The molecule has 6 heteroatoms. The molecule has 0 spiro atoms. The quantitative estimate of drug-likeness (QED) is 0.574. The summed E-state index contributed by atoms with van der Waals surface area (Å²) in [4.78, 5) is 22.1. The second-order valence-electron chi connectivity index (χ2n) is 3.72. The first kappa shape index (κ1) is 14.1. The number of rotatable bonds is 6. The van der Waals surface area contributed by atoms with Crippen LogP contribution < -0.4 is 0 Å². The summed E-state index contributed by atoms with van der Waals surface area (Å²) in [5, 5.41) is 35.7. The zero-order valence-electron chi connectivity index (χ0n) is 9.59. The van der Waals surface area contributed by atoms with Gasteiger partial charge in [-0.3, -0.25) is 0 Å². The van der Waals surface area contributed by atoms with Crippen molar-refractivity contribution in [2.24, 2.45) is 0 Å². The van der Waals surface area contributed by atoms with Gasteiger partial charge in [-0.2, -0.15) is 0 Å². The minimum atomic E-state index is -1.19. The van der Waals surface area contributed by atoms with Crippen molar-refractivity contribution in [2.45, 2.75) is 12.8 Å². The van der Waals surface area contributed by atoms with Crippen LogP contribution in [0.5, 0.6) is 0 Å². The molecule has 0 saturated carbocycles. The van der Waals surface area contributed by atoms with E-state index in [0.29, 0.717) is 0 Å². The molecule has 0 fully saturated rings. The molecule has 0 aliphatic rings. The third kappa shape index (κ3) is 3.06. The molecule has 0 bridgehead atoms. The molecule has 1 aromatic carbocycles. The Bertz CT molecular complexity index is 422. The van der Waals surface area contributed by atoms with Crippen molar-refractivity contribution in [2.75, 3.05) is 13.2 Å². The van der Waals surface area contributed by atoms with E-state index in [1.54, 1.807) is 0 Å². The predicted octanol–water partition coefficient (Wildman–Crippen LogP) is 0.153. The molecule has 0 amide bonds. The fourth-order valence-corrected chi connectivity index (χ4v) is 1.74. The fourth-order valence-electron chi connectivity index (χ4n) is 1.74. The Labute approximate surface area is 103 Å². The zero-order valence-corrected chi connectivity index (χ0v) is 9.59. The van der Waals surface area contributed by atoms with Crippen molar-refractivity contribution in [3.05, 3.63) is 34.4 Å². The maximum absolute atomic E-state index is 11.0. The van der Waals surface area contributed by atoms with Gasteiger partial charge in [-0.05, 0) is 36.1 Å². The number of aliphatic hydroxyl groups excluding tert-OH is 2. The second-order valence-corrected chi connectivity index (χ2v) is 3.72. The number of hydrogen-bond donors (Lipinski definition) is 4. The number of carboxylic acid groups (broad SMARTS) is 2. The molecule has 0 heterocycles. The van der Waals surface area contributed by atoms with Crippen LogP contribution in [-0.2, 0) is 12.8 Å². The summed E-state index contributed by atoms with van der Waals surface area (Å²) in [6.07, 6.45) is 0.142. The van der Waals surface area contributed by atoms with Gasteiger partial charge in [0, 0.05) is 13.2 Å². The van der Waals surface area contributed by atoms with Crippen molar-refractivity contribution < 1.29 is 30.0 Å². The minimum Gasteiger partial charge on any atom is -0.478 e. The van der Waals surface area contributed by atoms with Crippen LogP contribution in [0.25, 0.3) is 0 Å². The van der Waals surface area contributed by atoms with Gasteiger partial charge in [0.1, 0.15) is 0 Å². The van der Waals surface area contributed by atoms with Crippen molar-refractivity contribution in [1.82, 2.24) is 0 Å². The van der Waals surface area contributed by atoms with Gasteiger partial charge in [0.2, 0.25) is 0 Å². The summed E-state index contributed by atoms with van der Waals surface area (Å²) in [7, 11) is 0. The van der Waals surface area contributed by atoms with Crippen LogP contribution in [0.4, 0.5) is 0 Å². The molecular weight excluding hydrogens is 240 g/mol. The number of carboxylic acids is 2. The lowest BCUT2D eigenvalue weighted by atomic mass is 9.95. The summed E-state index contributed by atoms with van der Waals surface area (Å²) < 4.78 is 0. The Morgan fingerprint density at radius 2 is 1.17 bits per heavy atom. The third-order valence-corrected chi connectivity index (χ3v) is 2.55. The highest BCUT2D eigenvalue weighted by Crippen LogP contribution is 2.19. The van der Waals surface area contributed by atoms with Gasteiger partial charge >= 0.3 is 11.9 Å². The van der Waals surface area contributed by atoms with Gasteiger partial charge in [0.05, 0.1) is 11.1 Å². The molecular formula is C12H14O6. The van der Waals surface area contributed by atoms with Gasteiger partial charge in [-0.25, -0.2) is 9.59 Å². The Hall–Kier alpha value is -1.92. The highest BCUT2D eigenvalue weighted by atomic mass is 16.4. The molecule has 0 radical (unpaired) electrons.